The molecule has 0 atom stereocenters. The van der Waals surface area contributed by atoms with Gasteiger partial charge in [0.05, 0.1) is 4.90 Å². The first-order valence-electron chi connectivity index (χ1n) is 10.8. The monoisotopic (exact) mass is 491 g/mol. The lowest BCUT2D eigenvalue weighted by atomic mass is 9.96. The SMILES string of the molecule is Cc1[nH]c2ccc(Cl)cc2c1C1=CCN(CCCCNS(=O)(=O)c2cccc(Cl)c2)CC1. The molecule has 8 heteroatoms. The van der Waals surface area contributed by atoms with Crippen molar-refractivity contribution in [2.45, 2.75) is 31.1 Å². The van der Waals surface area contributed by atoms with Gasteiger partial charge in [-0.2, -0.15) is 0 Å². The Balaban J connectivity index is 1.27. The summed E-state index contributed by atoms with van der Waals surface area (Å²) in [4.78, 5) is 6.07. The number of nitrogens with one attached hydrogen (secondary N) is 2. The molecular weight excluding hydrogens is 465 g/mol. The van der Waals surface area contributed by atoms with E-state index >= 15 is 0 Å². The van der Waals surface area contributed by atoms with Crippen LogP contribution in [0.15, 0.2) is 53.4 Å². The number of hydrogen-bond donors (Lipinski definition) is 2. The fourth-order valence-corrected chi connectivity index (χ4v) is 5.79. The van der Waals surface area contributed by atoms with Crippen molar-refractivity contribution in [3.05, 3.63) is 69.8 Å². The van der Waals surface area contributed by atoms with Gasteiger partial charge in [-0.25, -0.2) is 13.1 Å². The highest BCUT2D eigenvalue weighted by Gasteiger charge is 2.18. The molecule has 2 aromatic carbocycles. The van der Waals surface area contributed by atoms with E-state index in [0.29, 0.717) is 11.6 Å². The molecule has 0 amide bonds. The summed E-state index contributed by atoms with van der Waals surface area (Å²) < 4.78 is 27.3. The molecular formula is C24H27Cl2N3O2S. The molecule has 0 bridgehead atoms. The van der Waals surface area contributed by atoms with Crippen LogP contribution in [0.1, 0.15) is 30.5 Å². The second-order valence-electron chi connectivity index (χ2n) is 8.16. The van der Waals surface area contributed by atoms with E-state index in [0.717, 1.165) is 49.4 Å². The van der Waals surface area contributed by atoms with Crippen LogP contribution >= 0.6 is 23.2 Å². The average Bonchev–Trinajstić information content (AvgIpc) is 3.09. The first-order chi connectivity index (χ1) is 15.3. The Morgan fingerprint density at radius 3 is 2.66 bits per heavy atom. The second kappa shape index (κ2) is 9.98. The first-order valence-corrected chi connectivity index (χ1v) is 13.0. The molecule has 5 nitrogen and oxygen atoms in total. The van der Waals surface area contributed by atoms with E-state index in [2.05, 4.69) is 27.6 Å². The smallest absolute Gasteiger partial charge is 0.240 e. The van der Waals surface area contributed by atoms with Gasteiger partial charge in [0.1, 0.15) is 0 Å². The highest BCUT2D eigenvalue weighted by molar-refractivity contribution is 7.89. The van der Waals surface area contributed by atoms with Gasteiger partial charge in [-0.1, -0.05) is 35.3 Å². The molecule has 3 aromatic rings. The topological polar surface area (TPSA) is 65.2 Å². The Kier molecular flexibility index (Phi) is 7.27. The number of nitrogens with zero attached hydrogens (tertiary/aromatic N) is 1. The molecule has 2 N–H and O–H groups in total. The number of fused-ring (bicyclic) bond motifs is 1. The lowest BCUT2D eigenvalue weighted by Gasteiger charge is -2.26. The minimum absolute atomic E-state index is 0.201. The predicted octanol–water partition coefficient (Wildman–Crippen LogP) is 5.63. The number of H-pyrrole nitrogens is 1. The molecule has 0 spiro atoms. The van der Waals surface area contributed by atoms with Gasteiger partial charge in [-0.3, -0.25) is 4.90 Å². The van der Waals surface area contributed by atoms with Gasteiger partial charge in [-0.05, 0) is 74.7 Å². The molecule has 0 unspecified atom stereocenters. The Hall–Kier alpha value is -1.83. The summed E-state index contributed by atoms with van der Waals surface area (Å²) in [5.74, 6) is 0. The van der Waals surface area contributed by atoms with Gasteiger partial charge in [0, 0.05) is 51.8 Å². The van der Waals surface area contributed by atoms with Crippen LogP contribution in [0.4, 0.5) is 0 Å². The second-order valence-corrected chi connectivity index (χ2v) is 10.8. The van der Waals surface area contributed by atoms with Gasteiger partial charge in [0.25, 0.3) is 0 Å². The number of hydrogen-bond acceptors (Lipinski definition) is 3. The third-order valence-corrected chi connectivity index (χ3v) is 7.79. The average molecular weight is 492 g/mol. The van der Waals surface area contributed by atoms with Gasteiger partial charge in [0.15, 0.2) is 0 Å². The number of aromatic amines is 1. The largest absolute Gasteiger partial charge is 0.358 e. The van der Waals surface area contributed by atoms with Crippen LogP contribution in [0.25, 0.3) is 16.5 Å². The summed E-state index contributed by atoms with van der Waals surface area (Å²) in [5.41, 5.74) is 4.93. The van der Waals surface area contributed by atoms with Crippen LogP contribution in [-0.4, -0.2) is 44.5 Å². The molecule has 0 fully saturated rings. The number of aromatic nitrogens is 1. The maximum absolute atomic E-state index is 12.3. The Morgan fingerprint density at radius 2 is 1.91 bits per heavy atom. The van der Waals surface area contributed by atoms with Crippen LogP contribution in [-0.2, 0) is 10.0 Å². The number of unbranched alkanes of at least 4 members (excludes halogenated alkanes) is 1. The Labute approximate surface area is 199 Å². The summed E-state index contributed by atoms with van der Waals surface area (Å²) in [6, 6.07) is 12.3. The van der Waals surface area contributed by atoms with Gasteiger partial charge >= 0.3 is 0 Å². The molecule has 0 saturated carbocycles. The minimum Gasteiger partial charge on any atom is -0.358 e. The van der Waals surface area contributed by atoms with E-state index < -0.39 is 10.0 Å². The minimum atomic E-state index is -3.52. The molecule has 4 rings (SSSR count). The van der Waals surface area contributed by atoms with Gasteiger partial charge in [-0.15, -0.1) is 0 Å². The zero-order chi connectivity index (χ0) is 22.7. The molecule has 170 valence electrons. The quantitative estimate of drug-likeness (QED) is 0.401. The molecule has 0 aliphatic carbocycles. The fraction of sp³-hybridized carbons (Fsp3) is 0.333. The lowest BCUT2D eigenvalue weighted by molar-refractivity contribution is 0.295. The summed E-state index contributed by atoms with van der Waals surface area (Å²) >= 11 is 12.1. The summed E-state index contributed by atoms with van der Waals surface area (Å²) in [5, 5.41) is 2.35. The van der Waals surface area contributed by atoms with E-state index in [9.17, 15) is 8.42 Å². The molecule has 0 radical (unpaired) electrons. The third-order valence-electron chi connectivity index (χ3n) is 5.86. The van der Waals surface area contributed by atoms with Crippen molar-refractivity contribution in [2.24, 2.45) is 0 Å². The molecule has 0 saturated heterocycles. The van der Waals surface area contributed by atoms with Crippen molar-refractivity contribution in [3.8, 4) is 0 Å². The standard InChI is InChI=1S/C24H27Cl2N3O2S/c1-17-24(22-16-20(26)7-8-23(22)28-17)18-9-13-29(14-10-18)12-3-2-11-27-32(30,31)21-6-4-5-19(25)15-21/h4-9,15-16,27-28H,2-3,10-14H2,1H3. The molecule has 2 heterocycles. The van der Waals surface area contributed by atoms with Crippen LogP contribution in [0.2, 0.25) is 10.0 Å². The van der Waals surface area contributed by atoms with Crippen molar-refractivity contribution in [1.29, 1.82) is 0 Å². The maximum Gasteiger partial charge on any atom is 0.240 e. The number of rotatable bonds is 8. The molecule has 32 heavy (non-hydrogen) atoms. The van der Waals surface area contributed by atoms with Crippen molar-refractivity contribution >= 4 is 49.7 Å². The predicted molar refractivity (Wildman–Crippen MR) is 133 cm³/mol. The Bertz CT molecular complexity index is 1250. The van der Waals surface area contributed by atoms with Crippen molar-refractivity contribution in [3.63, 3.8) is 0 Å². The van der Waals surface area contributed by atoms with Crippen LogP contribution in [0.3, 0.4) is 0 Å². The number of benzene rings is 2. The highest BCUT2D eigenvalue weighted by Crippen LogP contribution is 2.33. The molecule has 1 aliphatic rings. The number of sulfonamides is 1. The molecule has 1 aliphatic heterocycles. The van der Waals surface area contributed by atoms with E-state index in [1.807, 2.05) is 18.2 Å². The number of halogens is 2. The Morgan fingerprint density at radius 1 is 1.09 bits per heavy atom. The first kappa shape index (κ1) is 23.3. The molecule has 1 aromatic heterocycles. The van der Waals surface area contributed by atoms with E-state index in [-0.39, 0.29) is 4.90 Å². The fourth-order valence-electron chi connectivity index (χ4n) is 4.24. The van der Waals surface area contributed by atoms with E-state index in [1.165, 1.54) is 28.3 Å². The van der Waals surface area contributed by atoms with Gasteiger partial charge in [0.2, 0.25) is 10.0 Å². The lowest BCUT2D eigenvalue weighted by Crippen LogP contribution is -2.30. The van der Waals surface area contributed by atoms with Gasteiger partial charge < -0.3 is 4.98 Å². The summed E-state index contributed by atoms with van der Waals surface area (Å²) in [6.45, 7) is 5.37. The summed E-state index contributed by atoms with van der Waals surface area (Å²) in [6.07, 6.45) is 5.01. The van der Waals surface area contributed by atoms with E-state index in [4.69, 9.17) is 23.2 Å². The normalized spacial score (nSPS) is 15.3. The third kappa shape index (κ3) is 5.38. The highest BCUT2D eigenvalue weighted by atomic mass is 35.5. The van der Waals surface area contributed by atoms with Crippen molar-refractivity contribution in [1.82, 2.24) is 14.6 Å². The van der Waals surface area contributed by atoms with Crippen LogP contribution in [0.5, 0.6) is 0 Å². The zero-order valence-electron chi connectivity index (χ0n) is 18.0. The number of aryl methyl sites for hydroxylation is 1. The zero-order valence-corrected chi connectivity index (χ0v) is 20.3. The maximum atomic E-state index is 12.3. The van der Waals surface area contributed by atoms with Crippen molar-refractivity contribution in [2.75, 3.05) is 26.2 Å². The van der Waals surface area contributed by atoms with Crippen LogP contribution in [0, 0.1) is 6.92 Å². The van der Waals surface area contributed by atoms with Crippen LogP contribution < -0.4 is 4.72 Å². The van der Waals surface area contributed by atoms with Crippen molar-refractivity contribution < 1.29 is 8.42 Å². The van der Waals surface area contributed by atoms with E-state index in [1.54, 1.807) is 18.2 Å². The summed E-state index contributed by atoms with van der Waals surface area (Å²) in [7, 11) is -3.52.